The van der Waals surface area contributed by atoms with Crippen LogP contribution in [0.4, 0.5) is 22.7 Å². The van der Waals surface area contributed by atoms with Crippen molar-refractivity contribution in [2.75, 3.05) is 0 Å². The van der Waals surface area contributed by atoms with Crippen LogP contribution >= 0.6 is 23.5 Å². The van der Waals surface area contributed by atoms with Crippen LogP contribution in [0.1, 0.15) is 0 Å². The molecule has 8 saturated carbocycles. The molecular formula is C38H60N4O8S2Si6. The average molecular weight is 934 g/mol. The van der Waals surface area contributed by atoms with E-state index in [4.69, 9.17) is 0 Å². The van der Waals surface area contributed by atoms with E-state index in [2.05, 4.69) is 118 Å². The summed E-state index contributed by atoms with van der Waals surface area (Å²) in [5, 5.41) is 48.1. The minimum absolute atomic E-state index is 0.113. The van der Waals surface area contributed by atoms with Gasteiger partial charge in [0.1, 0.15) is 0 Å². The van der Waals surface area contributed by atoms with Gasteiger partial charge in [-0.3, -0.25) is 40.5 Å². The van der Waals surface area contributed by atoms with E-state index in [1.807, 2.05) is 0 Å². The molecule has 0 N–H and O–H groups in total. The minimum Gasteiger partial charge on any atom is -0.258 e. The van der Waals surface area contributed by atoms with Gasteiger partial charge in [-0.2, -0.15) is 0 Å². The van der Waals surface area contributed by atoms with E-state index in [9.17, 15) is 40.5 Å². The van der Waals surface area contributed by atoms with Crippen LogP contribution in [0, 0.1) is 40.5 Å². The normalized spacial score (nSPS) is 37.0. The van der Waals surface area contributed by atoms with Crippen molar-refractivity contribution in [2.24, 2.45) is 0 Å². The first-order chi connectivity index (χ1) is 25.9. The Labute approximate surface area is 356 Å². The maximum Gasteiger partial charge on any atom is 0.289 e. The molecule has 0 aliphatic heterocycles. The number of hydrogen-bond donors (Lipinski definition) is 0. The van der Waals surface area contributed by atoms with Gasteiger partial charge < -0.3 is 0 Å². The van der Waals surface area contributed by atoms with Crippen molar-refractivity contribution < 1.29 is 19.7 Å². The molecule has 2 aromatic rings. The fourth-order valence-corrected chi connectivity index (χ4v) is 68.2. The molecule has 0 radical (unpaired) electrons. The molecule has 0 heterocycles. The van der Waals surface area contributed by atoms with Gasteiger partial charge in [-0.15, -0.1) is 23.5 Å². The van der Waals surface area contributed by atoms with Crippen LogP contribution in [-0.4, -0.2) is 77.6 Å². The number of thioether (sulfide) groups is 2. The molecule has 0 saturated heterocycles. The maximum atomic E-state index is 11.7. The summed E-state index contributed by atoms with van der Waals surface area (Å²) in [4.78, 5) is 45.0. The second-order valence-corrected chi connectivity index (χ2v) is 57.9. The van der Waals surface area contributed by atoms with Gasteiger partial charge >= 0.3 is 0 Å². The quantitative estimate of drug-likeness (QED) is 0.101. The summed E-state index contributed by atoms with van der Waals surface area (Å²) in [5.41, 5.74) is -0.655. The predicted octanol–water partition coefficient (Wildman–Crippen LogP) is 13.2. The number of rotatable bonds is 14. The molecule has 58 heavy (non-hydrogen) atoms. The Bertz CT molecular complexity index is 2000. The van der Waals surface area contributed by atoms with E-state index >= 15 is 0 Å². The first kappa shape index (κ1) is 44.1. The molecule has 8 aliphatic carbocycles. The van der Waals surface area contributed by atoms with E-state index < -0.39 is 68.1 Å². The summed E-state index contributed by atoms with van der Waals surface area (Å²) < 4.78 is 0.265. The fraction of sp³-hybridized carbons (Fsp3) is 0.684. The van der Waals surface area contributed by atoms with E-state index in [1.54, 1.807) is 35.7 Å². The third-order valence-electron chi connectivity index (χ3n) is 16.0. The number of nitro groups is 4. The summed E-state index contributed by atoms with van der Waals surface area (Å²) in [6.07, 6.45) is 0. The SMILES string of the molecule is C[Si](C)(C)C12C3(Sc4ccc([N+](=O)[O-])cc4[N+](=O)[O-])C1([Si](C)(C)C)C32[Si](C)(C)C.C[Si](C)(C)C12C3(Sc4ccc([N+](=O)[O-])cc4[N+](=O)[O-])C1([Si](C)(C)C)C32[Si](C)(C)C. The van der Waals surface area contributed by atoms with Crippen molar-refractivity contribution in [1.82, 2.24) is 0 Å². The highest BCUT2D eigenvalue weighted by atomic mass is 32.2. The smallest absolute Gasteiger partial charge is 0.258 e. The van der Waals surface area contributed by atoms with E-state index in [0.29, 0.717) is 40.0 Å². The standard InChI is InChI=1S/2C19H30N2O4SSi3/c2*1-27(2,3)17-16(18(17,28(4,5)6)19(16,17)29(7,8)9)26-15-11-10-13(20(22)23)12-14(15)21(24)25/h2*10-12H,1-9H3. The highest BCUT2D eigenvalue weighted by molar-refractivity contribution is 8.03. The van der Waals surface area contributed by atoms with Gasteiger partial charge in [0.25, 0.3) is 22.7 Å². The summed E-state index contributed by atoms with van der Waals surface area (Å²) in [6, 6.07) is 8.36. The minimum atomic E-state index is -1.53. The molecular weight excluding hydrogens is 873 g/mol. The Morgan fingerprint density at radius 2 is 0.586 bits per heavy atom. The molecule has 316 valence electrons. The summed E-state index contributed by atoms with van der Waals surface area (Å²) in [7, 11) is -9.18. The zero-order valence-electron chi connectivity index (χ0n) is 37.3. The van der Waals surface area contributed by atoms with Gasteiger partial charge in [0.15, 0.2) is 0 Å². The number of nitro benzene ring substituents is 4. The summed E-state index contributed by atoms with van der Waals surface area (Å²) >= 11 is 3.43. The molecule has 10 rings (SSSR count). The molecule has 0 spiro atoms. The van der Waals surface area contributed by atoms with Gasteiger partial charge in [0.2, 0.25) is 0 Å². The lowest BCUT2D eigenvalue weighted by Crippen LogP contribution is -2.26. The molecule has 12 nitrogen and oxygen atoms in total. The number of nitrogens with zero attached hydrogens (tertiary/aromatic N) is 4. The second kappa shape index (κ2) is 11.2. The number of benzene rings is 2. The molecule has 0 amide bonds. The fourth-order valence-electron chi connectivity index (χ4n) is 16.4. The van der Waals surface area contributed by atoms with Gasteiger partial charge in [-0.1, -0.05) is 118 Å². The van der Waals surface area contributed by atoms with Gasteiger partial charge in [0, 0.05) is 21.6 Å². The average Bonchev–Trinajstić information content (AvgIpc) is 3.78. The van der Waals surface area contributed by atoms with Crippen LogP contribution in [0.3, 0.4) is 0 Å². The second-order valence-electron chi connectivity index (χ2n) is 23.9. The maximum absolute atomic E-state index is 11.7. The van der Waals surface area contributed by atoms with Crippen LogP contribution < -0.4 is 0 Å². The third-order valence-corrected chi connectivity index (χ3v) is 42.4. The first-order valence-electron chi connectivity index (χ1n) is 20.1. The zero-order valence-corrected chi connectivity index (χ0v) is 45.0. The lowest BCUT2D eigenvalue weighted by Gasteiger charge is -2.20. The van der Waals surface area contributed by atoms with Crippen LogP contribution in [0.15, 0.2) is 46.2 Å². The largest absolute Gasteiger partial charge is 0.289 e. The van der Waals surface area contributed by atoms with Gasteiger partial charge in [-0.25, -0.2) is 0 Å². The Hall–Kier alpha value is -1.96. The van der Waals surface area contributed by atoms with Gasteiger partial charge in [-0.05, 0) is 42.4 Å². The zero-order chi connectivity index (χ0) is 44.4. The number of non-ortho nitro benzene ring substituents is 2. The monoisotopic (exact) mass is 932 g/mol. The van der Waals surface area contributed by atoms with Crippen molar-refractivity contribution in [3.8, 4) is 0 Å². The summed E-state index contributed by atoms with van der Waals surface area (Å²) in [5.74, 6) is 0. The highest BCUT2D eigenvalue weighted by Crippen LogP contribution is 3.49. The molecule has 0 bridgehead atoms. The Kier molecular flexibility index (Phi) is 8.48. The summed E-state index contributed by atoms with van der Waals surface area (Å²) in [6.45, 7) is 44.6. The highest BCUT2D eigenvalue weighted by Gasteiger charge is 3.40. The molecule has 0 aromatic heterocycles. The molecule has 2 aromatic carbocycles. The van der Waals surface area contributed by atoms with Crippen molar-refractivity contribution in [2.45, 2.75) is 167 Å². The topological polar surface area (TPSA) is 173 Å². The predicted molar refractivity (Wildman–Crippen MR) is 253 cm³/mol. The number of hydrogen-bond acceptors (Lipinski definition) is 10. The third kappa shape index (κ3) is 3.96. The lowest BCUT2D eigenvalue weighted by atomic mass is 10.3. The van der Waals surface area contributed by atoms with Crippen molar-refractivity contribution in [3.05, 3.63) is 76.9 Å². The molecule has 8 aliphatic rings. The van der Waals surface area contributed by atoms with Crippen molar-refractivity contribution in [1.29, 1.82) is 0 Å². The molecule has 20 heteroatoms. The first-order valence-corrected chi connectivity index (χ1v) is 42.8. The van der Waals surface area contributed by atoms with Crippen LogP contribution in [0.25, 0.3) is 0 Å². The van der Waals surface area contributed by atoms with Gasteiger partial charge in [0.05, 0.1) is 90.1 Å². The van der Waals surface area contributed by atoms with Crippen LogP contribution in [0.5, 0.6) is 0 Å². The van der Waals surface area contributed by atoms with Crippen molar-refractivity contribution >= 4 is 94.7 Å². The Balaban J connectivity index is 0.000000177. The molecule has 0 unspecified atom stereocenters. The lowest BCUT2D eigenvalue weighted by molar-refractivity contribution is -0.396. The van der Waals surface area contributed by atoms with E-state index in [0.717, 1.165) is 12.1 Å². The van der Waals surface area contributed by atoms with E-state index in [1.165, 1.54) is 12.1 Å². The van der Waals surface area contributed by atoms with Crippen molar-refractivity contribution in [3.63, 3.8) is 0 Å². The molecule has 0 atom stereocenters. The van der Waals surface area contributed by atoms with Crippen LogP contribution in [0.2, 0.25) is 148 Å². The Morgan fingerprint density at radius 3 is 0.741 bits per heavy atom. The van der Waals surface area contributed by atoms with Crippen LogP contribution in [-0.2, 0) is 0 Å². The van der Waals surface area contributed by atoms with E-state index in [-0.39, 0.29) is 32.2 Å². The molecule has 8 fully saturated rings. The Morgan fingerprint density at radius 1 is 0.379 bits per heavy atom.